The molecule has 0 aliphatic heterocycles. The van der Waals surface area contributed by atoms with Crippen molar-refractivity contribution in [3.63, 3.8) is 0 Å². The lowest BCUT2D eigenvalue weighted by molar-refractivity contribution is 0.0657. The van der Waals surface area contributed by atoms with Crippen LogP contribution in [0.1, 0.15) is 42.5 Å². The van der Waals surface area contributed by atoms with Gasteiger partial charge in [0.25, 0.3) is 0 Å². The highest BCUT2D eigenvalue weighted by molar-refractivity contribution is 5.79. The molecule has 0 amide bonds. The number of hydrogen-bond acceptors (Lipinski definition) is 6. The summed E-state index contributed by atoms with van der Waals surface area (Å²) in [5.74, 6) is 3.51. The predicted octanol–water partition coefficient (Wildman–Crippen LogP) is 2.98. The van der Waals surface area contributed by atoms with Crippen LogP contribution in [0.5, 0.6) is 11.5 Å². The van der Waals surface area contributed by atoms with Crippen LogP contribution in [0.4, 0.5) is 0 Å². The fourth-order valence-corrected chi connectivity index (χ4v) is 3.68. The molecule has 3 N–H and O–H groups in total. The maximum Gasteiger partial charge on any atom is 0.191 e. The zero-order valence-corrected chi connectivity index (χ0v) is 20.6. The van der Waals surface area contributed by atoms with Crippen molar-refractivity contribution in [2.45, 2.75) is 39.3 Å². The standard InChI is InChI=1S/C24H38N4O4/c1-9-25-23(27-15-24(4,29)19-12-16(2)32-17(19)3)26-14-20(28(5)6)18-10-11-21(30-7)22(13-18)31-8/h10-13,20,29H,9,14-15H2,1-8H3,(H2,25,26,27). The van der Waals surface area contributed by atoms with Crippen molar-refractivity contribution in [3.05, 3.63) is 46.9 Å². The molecule has 32 heavy (non-hydrogen) atoms. The Morgan fingerprint density at radius 3 is 2.38 bits per heavy atom. The molecule has 2 aromatic rings. The summed E-state index contributed by atoms with van der Waals surface area (Å²) in [7, 11) is 7.32. The van der Waals surface area contributed by atoms with Gasteiger partial charge in [0, 0.05) is 18.7 Å². The van der Waals surface area contributed by atoms with E-state index in [9.17, 15) is 5.11 Å². The number of aliphatic imine (C=N–C) groups is 1. The molecule has 0 fully saturated rings. The summed E-state index contributed by atoms with van der Waals surface area (Å²) in [6.07, 6.45) is 0. The molecule has 0 aliphatic carbocycles. The van der Waals surface area contributed by atoms with Gasteiger partial charge in [-0.05, 0) is 65.6 Å². The third-order valence-corrected chi connectivity index (χ3v) is 5.39. The highest BCUT2D eigenvalue weighted by Gasteiger charge is 2.27. The smallest absolute Gasteiger partial charge is 0.191 e. The van der Waals surface area contributed by atoms with Gasteiger partial charge in [0.1, 0.15) is 17.1 Å². The fraction of sp³-hybridized carbons (Fsp3) is 0.542. The Kier molecular flexibility index (Phi) is 8.98. The summed E-state index contributed by atoms with van der Waals surface area (Å²) in [5.41, 5.74) is 0.715. The summed E-state index contributed by atoms with van der Waals surface area (Å²) in [4.78, 5) is 6.77. The molecule has 1 aromatic heterocycles. The van der Waals surface area contributed by atoms with E-state index in [1.54, 1.807) is 21.1 Å². The van der Waals surface area contributed by atoms with Gasteiger partial charge < -0.3 is 34.5 Å². The molecule has 2 unspecified atom stereocenters. The topological polar surface area (TPSA) is 91.5 Å². The van der Waals surface area contributed by atoms with Crippen LogP contribution in [0.2, 0.25) is 0 Å². The lowest BCUT2D eigenvalue weighted by Gasteiger charge is -2.27. The Bertz CT molecular complexity index is 905. The highest BCUT2D eigenvalue weighted by atomic mass is 16.5. The summed E-state index contributed by atoms with van der Waals surface area (Å²) in [5, 5.41) is 17.6. The van der Waals surface area contributed by atoms with Crippen molar-refractivity contribution in [3.8, 4) is 11.5 Å². The second-order valence-corrected chi connectivity index (χ2v) is 8.27. The first-order valence-electron chi connectivity index (χ1n) is 10.8. The zero-order valence-electron chi connectivity index (χ0n) is 20.6. The van der Waals surface area contributed by atoms with Crippen LogP contribution in [0.15, 0.2) is 33.7 Å². The van der Waals surface area contributed by atoms with Crippen LogP contribution < -0.4 is 20.1 Å². The molecule has 0 saturated heterocycles. The predicted molar refractivity (Wildman–Crippen MR) is 128 cm³/mol. The largest absolute Gasteiger partial charge is 0.493 e. The molecule has 0 spiro atoms. The number of nitrogens with zero attached hydrogens (tertiary/aromatic N) is 2. The molecule has 0 aliphatic rings. The van der Waals surface area contributed by atoms with Crippen LogP contribution in [0, 0.1) is 13.8 Å². The summed E-state index contributed by atoms with van der Waals surface area (Å²) in [6.45, 7) is 9.01. The van der Waals surface area contributed by atoms with Gasteiger partial charge in [-0.3, -0.25) is 0 Å². The van der Waals surface area contributed by atoms with Crippen molar-refractivity contribution in [1.82, 2.24) is 15.5 Å². The van der Waals surface area contributed by atoms with Crippen LogP contribution in [0.25, 0.3) is 0 Å². The highest BCUT2D eigenvalue weighted by Crippen LogP contribution is 2.31. The van der Waals surface area contributed by atoms with Crippen molar-refractivity contribution in [1.29, 1.82) is 0 Å². The van der Waals surface area contributed by atoms with Crippen molar-refractivity contribution in [2.75, 3.05) is 47.9 Å². The van der Waals surface area contributed by atoms with Gasteiger partial charge in [-0.2, -0.15) is 0 Å². The third-order valence-electron chi connectivity index (χ3n) is 5.39. The van der Waals surface area contributed by atoms with Crippen LogP contribution in [0.3, 0.4) is 0 Å². The average molecular weight is 447 g/mol. The molecule has 2 atom stereocenters. The summed E-state index contributed by atoms with van der Waals surface area (Å²) in [6, 6.07) is 7.87. The second-order valence-electron chi connectivity index (χ2n) is 8.27. The van der Waals surface area contributed by atoms with E-state index in [1.807, 2.05) is 59.1 Å². The second kappa shape index (κ2) is 11.2. The van der Waals surface area contributed by atoms with E-state index >= 15 is 0 Å². The number of ether oxygens (including phenoxy) is 2. The van der Waals surface area contributed by atoms with E-state index in [4.69, 9.17) is 13.9 Å². The van der Waals surface area contributed by atoms with Crippen molar-refractivity contribution >= 4 is 5.96 Å². The van der Waals surface area contributed by atoms with E-state index in [0.717, 1.165) is 16.9 Å². The SMILES string of the molecule is CCNC(=NCC(C)(O)c1cc(C)oc1C)NCC(c1ccc(OC)c(OC)c1)N(C)C. The Labute approximate surface area is 191 Å². The Hall–Kier alpha value is -2.71. The lowest BCUT2D eigenvalue weighted by Crippen LogP contribution is -2.42. The molecule has 1 heterocycles. The molecule has 8 heteroatoms. The summed E-state index contributed by atoms with van der Waals surface area (Å²) < 4.78 is 16.4. The number of likely N-dealkylation sites (N-methyl/N-ethyl adjacent to an activating group) is 1. The molecule has 178 valence electrons. The molecule has 2 rings (SSSR count). The van der Waals surface area contributed by atoms with E-state index in [2.05, 4.69) is 20.5 Å². The molecular formula is C24H38N4O4. The number of benzene rings is 1. The lowest BCUT2D eigenvalue weighted by atomic mass is 9.96. The zero-order chi connectivity index (χ0) is 23.9. The van der Waals surface area contributed by atoms with E-state index in [1.165, 1.54) is 0 Å². The summed E-state index contributed by atoms with van der Waals surface area (Å²) >= 11 is 0. The minimum Gasteiger partial charge on any atom is -0.493 e. The van der Waals surface area contributed by atoms with E-state index < -0.39 is 5.60 Å². The molecule has 0 bridgehead atoms. The normalized spacial score (nSPS) is 14.8. The van der Waals surface area contributed by atoms with Crippen LogP contribution in [-0.2, 0) is 5.60 Å². The molecular weight excluding hydrogens is 408 g/mol. The number of aliphatic hydroxyl groups is 1. The number of rotatable bonds is 10. The van der Waals surface area contributed by atoms with Gasteiger partial charge in [0.15, 0.2) is 17.5 Å². The van der Waals surface area contributed by atoms with Gasteiger partial charge in [0.2, 0.25) is 0 Å². The van der Waals surface area contributed by atoms with E-state index in [0.29, 0.717) is 36.3 Å². The first kappa shape index (κ1) is 25.5. The molecule has 0 radical (unpaired) electrons. The van der Waals surface area contributed by atoms with Gasteiger partial charge in [-0.25, -0.2) is 4.99 Å². The van der Waals surface area contributed by atoms with Gasteiger partial charge in [-0.1, -0.05) is 6.07 Å². The Morgan fingerprint density at radius 2 is 1.84 bits per heavy atom. The molecule has 0 saturated carbocycles. The number of methoxy groups -OCH3 is 2. The minimum atomic E-state index is -1.13. The molecule has 8 nitrogen and oxygen atoms in total. The van der Waals surface area contributed by atoms with Crippen LogP contribution >= 0.6 is 0 Å². The third kappa shape index (κ3) is 6.40. The Morgan fingerprint density at radius 1 is 1.16 bits per heavy atom. The number of aryl methyl sites for hydroxylation is 2. The van der Waals surface area contributed by atoms with Crippen molar-refractivity contribution < 1.29 is 19.0 Å². The Balaban J connectivity index is 2.17. The van der Waals surface area contributed by atoms with Crippen LogP contribution in [-0.4, -0.2) is 63.9 Å². The van der Waals surface area contributed by atoms with Gasteiger partial charge in [-0.15, -0.1) is 0 Å². The van der Waals surface area contributed by atoms with Gasteiger partial charge >= 0.3 is 0 Å². The number of guanidine groups is 1. The van der Waals surface area contributed by atoms with E-state index in [-0.39, 0.29) is 12.6 Å². The minimum absolute atomic E-state index is 0.0675. The van der Waals surface area contributed by atoms with Crippen molar-refractivity contribution in [2.24, 2.45) is 4.99 Å². The number of furan rings is 1. The van der Waals surface area contributed by atoms with Gasteiger partial charge in [0.05, 0.1) is 26.8 Å². The first-order chi connectivity index (χ1) is 15.1. The monoisotopic (exact) mass is 446 g/mol. The number of nitrogens with one attached hydrogen (secondary N) is 2. The fourth-order valence-electron chi connectivity index (χ4n) is 3.68. The maximum absolute atomic E-state index is 11.0. The quantitative estimate of drug-likeness (QED) is 0.382. The number of hydrogen-bond donors (Lipinski definition) is 3. The molecule has 1 aromatic carbocycles. The average Bonchev–Trinajstić information content (AvgIpc) is 3.10. The first-order valence-corrected chi connectivity index (χ1v) is 10.8. The maximum atomic E-state index is 11.0.